The van der Waals surface area contributed by atoms with Crippen molar-refractivity contribution in [2.45, 2.75) is 25.7 Å². The topological polar surface area (TPSA) is 99.7 Å². The summed E-state index contributed by atoms with van der Waals surface area (Å²) in [5.74, 6) is -1.71. The molecule has 1 aromatic rings. The van der Waals surface area contributed by atoms with E-state index in [1.807, 2.05) is 12.2 Å². The molecule has 1 N–H and O–H groups in total. The van der Waals surface area contributed by atoms with Crippen LogP contribution in [-0.2, 0) is 19.2 Å². The number of allylic oxidation sites excluding steroid dienone is 2. The normalized spacial score (nSPS) is 26.0. The zero-order chi connectivity index (χ0) is 21.3. The number of carbonyl (C=O) groups is 4. The van der Waals surface area contributed by atoms with Crippen LogP contribution in [0.15, 0.2) is 30.5 Å². The molecule has 2 fully saturated rings. The first-order valence-electron chi connectivity index (χ1n) is 10.1. The van der Waals surface area contributed by atoms with Crippen molar-refractivity contribution in [3.63, 3.8) is 0 Å². The van der Waals surface area contributed by atoms with E-state index in [-0.39, 0.29) is 54.5 Å². The number of aromatic nitrogens is 1. The Labute approximate surface area is 179 Å². The van der Waals surface area contributed by atoms with Crippen molar-refractivity contribution in [1.29, 1.82) is 0 Å². The molecule has 0 bridgehead atoms. The number of pyridine rings is 1. The maximum absolute atomic E-state index is 12.8. The van der Waals surface area contributed by atoms with Gasteiger partial charge in [-0.25, -0.2) is 4.98 Å². The number of halogens is 1. The van der Waals surface area contributed by atoms with Crippen LogP contribution in [0, 0.1) is 17.8 Å². The number of anilines is 1. The monoisotopic (exact) mass is 430 g/mol. The van der Waals surface area contributed by atoms with Gasteiger partial charge in [0.15, 0.2) is 0 Å². The van der Waals surface area contributed by atoms with Gasteiger partial charge in [0, 0.05) is 19.3 Å². The number of nitrogens with zero attached hydrogens (tertiary/aromatic N) is 3. The summed E-state index contributed by atoms with van der Waals surface area (Å²) in [6.07, 6.45) is 7.71. The van der Waals surface area contributed by atoms with Gasteiger partial charge in [-0.3, -0.25) is 24.1 Å². The molecule has 3 heterocycles. The highest BCUT2D eigenvalue weighted by Crippen LogP contribution is 2.35. The van der Waals surface area contributed by atoms with Gasteiger partial charge in [-0.1, -0.05) is 23.8 Å². The lowest BCUT2D eigenvalue weighted by molar-refractivity contribution is -0.147. The first-order chi connectivity index (χ1) is 14.4. The van der Waals surface area contributed by atoms with Crippen LogP contribution >= 0.6 is 11.6 Å². The van der Waals surface area contributed by atoms with Crippen molar-refractivity contribution in [2.75, 3.05) is 25.0 Å². The number of likely N-dealkylation sites (tertiary alicyclic amines) is 2. The highest BCUT2D eigenvalue weighted by Gasteiger charge is 2.48. The number of rotatable bonds is 4. The van der Waals surface area contributed by atoms with Crippen molar-refractivity contribution < 1.29 is 19.2 Å². The summed E-state index contributed by atoms with van der Waals surface area (Å²) in [6.45, 7) is 0.507. The van der Waals surface area contributed by atoms with Crippen molar-refractivity contribution in [2.24, 2.45) is 17.8 Å². The zero-order valence-corrected chi connectivity index (χ0v) is 17.2. The molecule has 3 unspecified atom stereocenters. The van der Waals surface area contributed by atoms with Gasteiger partial charge >= 0.3 is 0 Å². The Balaban J connectivity index is 1.35. The second kappa shape index (κ2) is 8.55. The second-order valence-corrected chi connectivity index (χ2v) is 8.38. The van der Waals surface area contributed by atoms with E-state index in [0.717, 1.165) is 4.90 Å². The van der Waals surface area contributed by atoms with Crippen LogP contribution in [-0.4, -0.2) is 58.0 Å². The third kappa shape index (κ3) is 4.09. The Morgan fingerprint density at radius 1 is 1.13 bits per heavy atom. The molecule has 4 amide bonds. The Morgan fingerprint density at radius 3 is 2.47 bits per heavy atom. The standard InChI is InChI=1S/C21H23ClN4O4/c22-14-7-8-17(23-10-14)24-19(28)13-4-3-9-25(11-13)18(27)12-26-20(29)15-5-1-2-6-16(15)21(26)30/h1-2,7-8,10,13,15-16H,3-6,9,11-12H2,(H,23,24,28). The first-order valence-corrected chi connectivity index (χ1v) is 10.5. The molecule has 3 atom stereocenters. The van der Waals surface area contributed by atoms with Crippen molar-refractivity contribution >= 4 is 41.0 Å². The average Bonchev–Trinajstić information content (AvgIpc) is 3.00. The summed E-state index contributed by atoms with van der Waals surface area (Å²) in [5.41, 5.74) is 0. The Bertz CT molecular complexity index is 875. The molecule has 9 heteroatoms. The molecule has 0 saturated carbocycles. The lowest BCUT2D eigenvalue weighted by Gasteiger charge is -2.32. The van der Waals surface area contributed by atoms with Crippen molar-refractivity contribution in [1.82, 2.24) is 14.8 Å². The van der Waals surface area contributed by atoms with E-state index >= 15 is 0 Å². The van der Waals surface area contributed by atoms with Gasteiger partial charge in [-0.2, -0.15) is 0 Å². The third-order valence-corrected chi connectivity index (χ3v) is 6.24. The van der Waals surface area contributed by atoms with E-state index in [0.29, 0.717) is 43.1 Å². The van der Waals surface area contributed by atoms with Gasteiger partial charge in [0.1, 0.15) is 12.4 Å². The predicted molar refractivity (Wildman–Crippen MR) is 109 cm³/mol. The van der Waals surface area contributed by atoms with E-state index in [2.05, 4.69) is 10.3 Å². The molecule has 2 aliphatic heterocycles. The summed E-state index contributed by atoms with van der Waals surface area (Å²) in [5, 5.41) is 3.22. The summed E-state index contributed by atoms with van der Waals surface area (Å²) < 4.78 is 0. The summed E-state index contributed by atoms with van der Waals surface area (Å²) in [4.78, 5) is 57.3. The number of hydrogen-bond donors (Lipinski definition) is 1. The molecule has 30 heavy (non-hydrogen) atoms. The van der Waals surface area contributed by atoms with E-state index in [4.69, 9.17) is 11.6 Å². The summed E-state index contributed by atoms with van der Waals surface area (Å²) in [7, 11) is 0. The number of piperidine rings is 1. The van der Waals surface area contributed by atoms with Gasteiger partial charge in [-0.15, -0.1) is 0 Å². The molecular weight excluding hydrogens is 408 g/mol. The number of hydrogen-bond acceptors (Lipinski definition) is 5. The van der Waals surface area contributed by atoms with Crippen LogP contribution in [0.4, 0.5) is 5.82 Å². The zero-order valence-electron chi connectivity index (χ0n) is 16.4. The maximum Gasteiger partial charge on any atom is 0.242 e. The molecule has 0 radical (unpaired) electrons. The maximum atomic E-state index is 12.8. The van der Waals surface area contributed by atoms with Gasteiger partial charge in [0.05, 0.1) is 22.8 Å². The van der Waals surface area contributed by atoms with E-state index in [1.54, 1.807) is 17.0 Å². The third-order valence-electron chi connectivity index (χ3n) is 6.02. The molecular formula is C21H23ClN4O4. The molecule has 1 aliphatic carbocycles. The van der Waals surface area contributed by atoms with Crippen LogP contribution < -0.4 is 5.32 Å². The smallest absolute Gasteiger partial charge is 0.242 e. The highest BCUT2D eigenvalue weighted by atomic mass is 35.5. The molecule has 158 valence electrons. The minimum absolute atomic E-state index is 0.215. The fourth-order valence-corrected chi connectivity index (χ4v) is 4.47. The number of imide groups is 1. The van der Waals surface area contributed by atoms with Crippen LogP contribution in [0.5, 0.6) is 0 Å². The molecule has 2 saturated heterocycles. The van der Waals surface area contributed by atoms with Gasteiger partial charge < -0.3 is 10.2 Å². The van der Waals surface area contributed by atoms with E-state index in [1.165, 1.54) is 6.20 Å². The van der Waals surface area contributed by atoms with Gasteiger partial charge in [-0.05, 0) is 37.8 Å². The minimum Gasteiger partial charge on any atom is -0.340 e. The first kappa shape index (κ1) is 20.5. The average molecular weight is 431 g/mol. The highest BCUT2D eigenvalue weighted by molar-refractivity contribution is 6.30. The van der Waals surface area contributed by atoms with Crippen molar-refractivity contribution in [3.05, 3.63) is 35.5 Å². The minimum atomic E-state index is -0.378. The Morgan fingerprint density at radius 2 is 1.83 bits per heavy atom. The molecule has 1 aromatic heterocycles. The van der Waals surface area contributed by atoms with Crippen LogP contribution in [0.3, 0.4) is 0 Å². The largest absolute Gasteiger partial charge is 0.340 e. The molecule has 0 spiro atoms. The number of amides is 4. The molecule has 8 nitrogen and oxygen atoms in total. The number of fused-ring (bicyclic) bond motifs is 1. The number of carbonyl (C=O) groups excluding carboxylic acids is 4. The fourth-order valence-electron chi connectivity index (χ4n) is 4.36. The van der Waals surface area contributed by atoms with E-state index < -0.39 is 0 Å². The van der Waals surface area contributed by atoms with Crippen LogP contribution in [0.1, 0.15) is 25.7 Å². The lowest BCUT2D eigenvalue weighted by Crippen LogP contribution is -2.48. The molecule has 4 rings (SSSR count). The van der Waals surface area contributed by atoms with Crippen molar-refractivity contribution in [3.8, 4) is 0 Å². The summed E-state index contributed by atoms with van der Waals surface area (Å²) >= 11 is 5.81. The summed E-state index contributed by atoms with van der Waals surface area (Å²) in [6, 6.07) is 3.25. The predicted octanol–water partition coefficient (Wildman–Crippen LogP) is 1.86. The number of nitrogens with one attached hydrogen (secondary N) is 1. The van der Waals surface area contributed by atoms with Gasteiger partial charge in [0.25, 0.3) is 0 Å². The van der Waals surface area contributed by atoms with Crippen LogP contribution in [0.25, 0.3) is 0 Å². The van der Waals surface area contributed by atoms with E-state index in [9.17, 15) is 19.2 Å². The Kier molecular flexibility index (Phi) is 5.85. The lowest BCUT2D eigenvalue weighted by atomic mass is 9.85. The fraction of sp³-hybridized carbons (Fsp3) is 0.476. The SMILES string of the molecule is O=C(Nc1ccc(Cl)cn1)C1CCCN(C(=O)CN2C(=O)C3CC=CCC3C2=O)C1. The second-order valence-electron chi connectivity index (χ2n) is 7.95. The van der Waals surface area contributed by atoms with Gasteiger partial charge in [0.2, 0.25) is 23.6 Å². The quantitative estimate of drug-likeness (QED) is 0.580. The molecule has 0 aromatic carbocycles. The van der Waals surface area contributed by atoms with Crippen LogP contribution in [0.2, 0.25) is 5.02 Å². The molecule has 3 aliphatic rings. The Hall–Kier alpha value is -2.74.